The molecule has 1 aromatic rings. The zero-order valence-electron chi connectivity index (χ0n) is 11.0. The molecule has 0 radical (unpaired) electrons. The molecule has 0 amide bonds. The van der Waals surface area contributed by atoms with Gasteiger partial charge in [0.05, 0.1) is 6.61 Å². The summed E-state index contributed by atoms with van der Waals surface area (Å²) in [4.78, 5) is 0. The average Bonchev–Trinajstić information content (AvgIpc) is 2.20. The van der Waals surface area contributed by atoms with Crippen molar-refractivity contribution in [2.45, 2.75) is 40.5 Å². The van der Waals surface area contributed by atoms with Crippen LogP contribution in [-0.4, -0.2) is 6.61 Å². The summed E-state index contributed by atoms with van der Waals surface area (Å²) in [6.07, 6.45) is 2.00. The molecule has 0 bridgehead atoms. The van der Waals surface area contributed by atoms with Crippen LogP contribution in [0.1, 0.15) is 46.1 Å². The molecule has 0 aliphatic heterocycles. The molecule has 0 spiro atoms. The van der Waals surface area contributed by atoms with Crippen LogP contribution in [0, 0.1) is 43.6 Å². The van der Waals surface area contributed by atoms with Crippen LogP contribution in [0.4, 0.5) is 0 Å². The molecule has 0 aromatic heterocycles. The van der Waals surface area contributed by atoms with Gasteiger partial charge in [-0.05, 0) is 12.8 Å². The van der Waals surface area contributed by atoms with E-state index in [0.717, 1.165) is 12.4 Å². The van der Waals surface area contributed by atoms with Gasteiger partial charge in [0.25, 0.3) is 0 Å². The van der Waals surface area contributed by atoms with Crippen molar-refractivity contribution in [2.24, 2.45) is 0 Å². The van der Waals surface area contributed by atoms with Crippen LogP contribution in [-0.2, 0) is 0 Å². The van der Waals surface area contributed by atoms with E-state index in [1.807, 2.05) is 39.3 Å². The van der Waals surface area contributed by atoms with Gasteiger partial charge in [0.15, 0.2) is 0 Å². The summed E-state index contributed by atoms with van der Waals surface area (Å²) in [6.45, 7) is 11.0. The van der Waals surface area contributed by atoms with Gasteiger partial charge in [-0.2, -0.15) is 31.5 Å². The van der Waals surface area contributed by atoms with Crippen molar-refractivity contribution < 1.29 is 35.9 Å². The van der Waals surface area contributed by atoms with Crippen molar-refractivity contribution in [3.8, 4) is 5.75 Å². The minimum Gasteiger partial charge on any atom is -0.551 e. The first-order valence-corrected chi connectivity index (χ1v) is 5.54. The summed E-state index contributed by atoms with van der Waals surface area (Å²) in [5, 5.41) is 0. The minimum atomic E-state index is 0. The van der Waals surface area contributed by atoms with Gasteiger partial charge in [-0.3, -0.25) is 0 Å². The molecule has 0 saturated carbocycles. The summed E-state index contributed by atoms with van der Waals surface area (Å²) in [5.41, 5.74) is 1.23. The first-order valence-electron chi connectivity index (χ1n) is 5.54. The fourth-order valence-corrected chi connectivity index (χ4v) is 1.04. The van der Waals surface area contributed by atoms with Gasteiger partial charge in [0, 0.05) is 5.75 Å². The molecule has 0 N–H and O–H groups in total. The van der Waals surface area contributed by atoms with Gasteiger partial charge >= 0.3 is 31.1 Å². The van der Waals surface area contributed by atoms with Crippen molar-refractivity contribution in [3.63, 3.8) is 0 Å². The molecule has 16 heavy (non-hydrogen) atoms. The second-order valence-electron chi connectivity index (χ2n) is 3.64. The number of rotatable bonds is 3. The van der Waals surface area contributed by atoms with Crippen LogP contribution in [0.15, 0.2) is 18.2 Å². The molecule has 2 heteroatoms. The quantitative estimate of drug-likeness (QED) is 0.634. The molecular weight excluding hydrogens is 422 g/mol. The standard InChI is InChI=1S/C11H15O.C3H7.U/c1-4-12-11-7-5-10(6-8-11)9(2)3;1-3-2;/h5,7-9H,4H2,1-3H3;3H,1-2H3;/q2*-1;+2. The molecule has 88 valence electrons. The SMILES string of the molecule is CCOc1c[c-]c(C(C)C)cc1.C[CH-]C.[U+2]. The Balaban J connectivity index is 0. The summed E-state index contributed by atoms with van der Waals surface area (Å²) >= 11 is 0. The third kappa shape index (κ3) is 8.25. The van der Waals surface area contributed by atoms with E-state index in [4.69, 9.17) is 4.74 Å². The molecule has 0 aliphatic carbocycles. The molecule has 0 aliphatic rings. The molecule has 1 rings (SSSR count). The van der Waals surface area contributed by atoms with Crippen LogP contribution in [0.25, 0.3) is 0 Å². The van der Waals surface area contributed by atoms with Gasteiger partial charge < -0.3 is 11.2 Å². The Bertz CT molecular complexity index is 241. The predicted molar refractivity (Wildman–Crippen MR) is 66.2 cm³/mol. The number of hydrogen-bond donors (Lipinski definition) is 0. The zero-order chi connectivity index (χ0) is 11.7. The Morgan fingerprint density at radius 3 is 2.19 bits per heavy atom. The van der Waals surface area contributed by atoms with Gasteiger partial charge in [0.1, 0.15) is 0 Å². The van der Waals surface area contributed by atoms with Crippen molar-refractivity contribution in [1.82, 2.24) is 0 Å². The summed E-state index contributed by atoms with van der Waals surface area (Å²) in [7, 11) is 0. The first kappa shape index (κ1) is 18.4. The largest absolute Gasteiger partial charge is 2.00 e. The van der Waals surface area contributed by atoms with E-state index in [1.165, 1.54) is 5.56 Å². The topological polar surface area (TPSA) is 9.23 Å². The Labute approximate surface area is 124 Å². The maximum atomic E-state index is 5.31. The van der Waals surface area contributed by atoms with E-state index < -0.39 is 0 Å². The minimum absolute atomic E-state index is 0. The molecular formula is C14H22OU. The van der Waals surface area contributed by atoms with Gasteiger partial charge in [-0.15, -0.1) is 12.1 Å². The second-order valence-corrected chi connectivity index (χ2v) is 3.64. The van der Waals surface area contributed by atoms with E-state index in [2.05, 4.69) is 26.0 Å². The molecule has 0 atom stereocenters. The van der Waals surface area contributed by atoms with Gasteiger partial charge in [-0.25, -0.2) is 0 Å². The van der Waals surface area contributed by atoms with Gasteiger partial charge in [-0.1, -0.05) is 13.8 Å². The Morgan fingerprint density at radius 1 is 1.31 bits per heavy atom. The van der Waals surface area contributed by atoms with E-state index in [0.29, 0.717) is 5.92 Å². The number of hydrogen-bond acceptors (Lipinski definition) is 1. The van der Waals surface area contributed by atoms with Crippen LogP contribution in [0.3, 0.4) is 0 Å². The van der Waals surface area contributed by atoms with Gasteiger partial charge in [0.2, 0.25) is 0 Å². The summed E-state index contributed by atoms with van der Waals surface area (Å²) in [5.74, 6) is 1.45. The first-order chi connectivity index (χ1) is 7.15. The van der Waals surface area contributed by atoms with Crippen LogP contribution >= 0.6 is 0 Å². The smallest absolute Gasteiger partial charge is 0.551 e. The zero-order valence-corrected chi connectivity index (χ0v) is 15.2. The molecule has 0 heterocycles. The van der Waals surface area contributed by atoms with Crippen LogP contribution in [0.5, 0.6) is 5.75 Å². The van der Waals surface area contributed by atoms with Crippen molar-refractivity contribution in [2.75, 3.05) is 6.61 Å². The predicted octanol–water partition coefficient (Wildman–Crippen LogP) is 4.24. The number of benzene rings is 1. The maximum absolute atomic E-state index is 5.31. The fraction of sp³-hybridized carbons (Fsp3) is 0.500. The second kappa shape index (κ2) is 11.6. The van der Waals surface area contributed by atoms with Crippen molar-refractivity contribution >= 4 is 0 Å². The fourth-order valence-electron chi connectivity index (χ4n) is 1.04. The Morgan fingerprint density at radius 2 is 1.88 bits per heavy atom. The molecule has 0 unspecified atom stereocenters. The molecule has 0 fully saturated rings. The summed E-state index contributed by atoms with van der Waals surface area (Å²) < 4.78 is 5.31. The van der Waals surface area contributed by atoms with E-state index in [-0.39, 0.29) is 31.1 Å². The molecule has 0 saturated heterocycles. The maximum Gasteiger partial charge on any atom is 2.00 e. The third-order valence-electron chi connectivity index (χ3n) is 1.74. The average molecular weight is 444 g/mol. The van der Waals surface area contributed by atoms with Crippen LogP contribution in [0.2, 0.25) is 0 Å². The molecule has 1 aromatic carbocycles. The van der Waals surface area contributed by atoms with Crippen molar-refractivity contribution in [1.29, 1.82) is 0 Å². The van der Waals surface area contributed by atoms with E-state index in [1.54, 1.807) is 0 Å². The Kier molecular flexibility index (Phi) is 13.3. The third-order valence-corrected chi connectivity index (χ3v) is 1.74. The van der Waals surface area contributed by atoms with E-state index in [9.17, 15) is 0 Å². The Hall–Kier alpha value is 0.0719. The number of ether oxygens (including phenoxy) is 1. The van der Waals surface area contributed by atoms with E-state index >= 15 is 0 Å². The normalized spacial score (nSPS) is 8.88. The monoisotopic (exact) mass is 444 g/mol. The molecule has 1 nitrogen and oxygen atoms in total. The van der Waals surface area contributed by atoms with Crippen LogP contribution < -0.4 is 4.74 Å². The summed E-state index contributed by atoms with van der Waals surface area (Å²) in [6, 6.07) is 9.16. The van der Waals surface area contributed by atoms with Crippen molar-refractivity contribution in [3.05, 3.63) is 36.2 Å².